The highest BCUT2D eigenvalue weighted by molar-refractivity contribution is 6.13. The molecule has 4 N–H and O–H groups in total. The molecule has 4 rings (SSSR count). The number of aromatic nitrogens is 1. The third-order valence-corrected chi connectivity index (χ3v) is 6.02. The molecule has 1 aromatic heterocycles. The standard InChI is InChI=1S/C26H29N5O3/c1-16-11-25(32)29-23-10-17(2)22(13-20(16)23)30-26(33)21-12-18(19(14-27)15-28-3)4-5-24(21)31-6-8-34-9-7-31/h4-5,10-15H,6-9,27H2,1-3H3,(H,29,32)(H,30,33). The molecule has 2 aromatic carbocycles. The van der Waals surface area contributed by atoms with Crippen LogP contribution in [-0.4, -0.2) is 50.5 Å². The average molecular weight is 460 g/mol. The van der Waals surface area contributed by atoms with Gasteiger partial charge in [0.1, 0.15) is 0 Å². The number of nitrogens with zero attached hydrogens (tertiary/aromatic N) is 2. The summed E-state index contributed by atoms with van der Waals surface area (Å²) >= 11 is 0. The molecule has 0 bridgehead atoms. The summed E-state index contributed by atoms with van der Waals surface area (Å²) in [6.07, 6.45) is 3.15. The van der Waals surface area contributed by atoms with Gasteiger partial charge < -0.3 is 25.7 Å². The van der Waals surface area contributed by atoms with E-state index in [1.54, 1.807) is 19.3 Å². The number of hydrogen-bond donors (Lipinski definition) is 3. The maximum Gasteiger partial charge on any atom is 0.257 e. The minimum Gasteiger partial charge on any atom is -0.404 e. The van der Waals surface area contributed by atoms with E-state index in [4.69, 9.17) is 10.5 Å². The minimum absolute atomic E-state index is 0.146. The quantitative estimate of drug-likeness (QED) is 0.507. The molecule has 0 radical (unpaired) electrons. The summed E-state index contributed by atoms with van der Waals surface area (Å²) in [5.74, 6) is -0.224. The Balaban J connectivity index is 1.76. The van der Waals surface area contributed by atoms with E-state index in [0.29, 0.717) is 37.6 Å². The first-order valence-electron chi connectivity index (χ1n) is 11.2. The Morgan fingerprint density at radius 3 is 2.62 bits per heavy atom. The number of aliphatic imine (C=N–C) groups is 1. The van der Waals surface area contributed by atoms with Gasteiger partial charge in [-0.1, -0.05) is 6.07 Å². The van der Waals surface area contributed by atoms with Gasteiger partial charge in [-0.25, -0.2) is 0 Å². The minimum atomic E-state index is -0.224. The highest BCUT2D eigenvalue weighted by atomic mass is 16.5. The number of H-pyrrole nitrogens is 1. The lowest BCUT2D eigenvalue weighted by molar-refractivity contribution is 0.102. The van der Waals surface area contributed by atoms with Crippen molar-refractivity contribution in [1.82, 2.24) is 4.98 Å². The number of anilines is 2. The van der Waals surface area contributed by atoms with Gasteiger partial charge in [-0.15, -0.1) is 0 Å². The van der Waals surface area contributed by atoms with Gasteiger partial charge >= 0.3 is 0 Å². The van der Waals surface area contributed by atoms with Crippen LogP contribution in [0.15, 0.2) is 52.4 Å². The van der Waals surface area contributed by atoms with Crippen molar-refractivity contribution in [1.29, 1.82) is 0 Å². The number of carbonyl (C=O) groups is 1. The Labute approximate surface area is 198 Å². The topological polar surface area (TPSA) is 113 Å². The number of morpholine rings is 1. The summed E-state index contributed by atoms with van der Waals surface area (Å²) in [4.78, 5) is 34.5. The van der Waals surface area contributed by atoms with Crippen LogP contribution in [0.2, 0.25) is 0 Å². The van der Waals surface area contributed by atoms with Crippen LogP contribution in [0, 0.1) is 13.8 Å². The number of benzene rings is 2. The fourth-order valence-electron chi connectivity index (χ4n) is 4.24. The lowest BCUT2D eigenvalue weighted by atomic mass is 10.0. The Bertz CT molecular complexity index is 1350. The van der Waals surface area contributed by atoms with Crippen molar-refractivity contribution in [3.63, 3.8) is 0 Å². The zero-order chi connectivity index (χ0) is 24.2. The molecule has 34 heavy (non-hydrogen) atoms. The highest BCUT2D eigenvalue weighted by Gasteiger charge is 2.21. The van der Waals surface area contributed by atoms with Gasteiger partial charge in [0, 0.05) is 66.5 Å². The van der Waals surface area contributed by atoms with Crippen LogP contribution in [0.3, 0.4) is 0 Å². The molecule has 1 aliphatic rings. The van der Waals surface area contributed by atoms with Crippen molar-refractivity contribution in [2.24, 2.45) is 10.7 Å². The summed E-state index contributed by atoms with van der Waals surface area (Å²) in [6.45, 7) is 6.42. The van der Waals surface area contributed by atoms with Gasteiger partial charge in [0.2, 0.25) is 5.56 Å². The number of nitrogens with one attached hydrogen (secondary N) is 2. The van der Waals surface area contributed by atoms with Gasteiger partial charge in [0.05, 0.1) is 18.8 Å². The lowest BCUT2D eigenvalue weighted by Crippen LogP contribution is -2.37. The molecule has 0 spiro atoms. The SMILES string of the molecule is CN=CC(=CN)c1ccc(N2CCOCC2)c(C(=O)Nc2cc3c(C)cc(=O)[nH]c3cc2C)c1. The number of pyridine rings is 1. The summed E-state index contributed by atoms with van der Waals surface area (Å²) in [5, 5.41) is 3.97. The fraction of sp³-hybridized carbons (Fsp3) is 0.269. The van der Waals surface area contributed by atoms with E-state index in [2.05, 4.69) is 20.2 Å². The smallest absolute Gasteiger partial charge is 0.257 e. The predicted octanol–water partition coefficient (Wildman–Crippen LogP) is 3.23. The molecule has 0 unspecified atom stereocenters. The van der Waals surface area contributed by atoms with E-state index in [1.165, 1.54) is 6.20 Å². The molecular weight excluding hydrogens is 430 g/mol. The number of hydrogen-bond acceptors (Lipinski definition) is 6. The van der Waals surface area contributed by atoms with Gasteiger partial charge in [-0.2, -0.15) is 0 Å². The highest BCUT2D eigenvalue weighted by Crippen LogP contribution is 2.29. The van der Waals surface area contributed by atoms with E-state index in [9.17, 15) is 9.59 Å². The van der Waals surface area contributed by atoms with Crippen molar-refractivity contribution < 1.29 is 9.53 Å². The number of nitrogens with two attached hydrogens (primary N) is 1. The number of aromatic amines is 1. The summed E-state index contributed by atoms with van der Waals surface area (Å²) < 4.78 is 5.49. The molecule has 8 heteroatoms. The third kappa shape index (κ3) is 4.72. The van der Waals surface area contributed by atoms with Gasteiger partial charge in [0.15, 0.2) is 0 Å². The number of ether oxygens (including phenoxy) is 1. The van der Waals surface area contributed by atoms with E-state index >= 15 is 0 Å². The molecule has 176 valence electrons. The molecule has 0 aliphatic carbocycles. The van der Waals surface area contributed by atoms with Crippen LogP contribution < -0.4 is 21.5 Å². The van der Waals surface area contributed by atoms with E-state index < -0.39 is 0 Å². The Morgan fingerprint density at radius 1 is 1.15 bits per heavy atom. The molecule has 1 aliphatic heterocycles. The number of allylic oxidation sites excluding steroid dienone is 1. The van der Waals surface area contributed by atoms with Crippen LogP contribution in [0.5, 0.6) is 0 Å². The molecule has 3 aromatic rings. The second-order valence-corrected chi connectivity index (χ2v) is 8.32. The van der Waals surface area contributed by atoms with E-state index in [-0.39, 0.29) is 11.5 Å². The molecule has 8 nitrogen and oxygen atoms in total. The number of rotatable bonds is 5. The Morgan fingerprint density at radius 2 is 1.91 bits per heavy atom. The summed E-state index contributed by atoms with van der Waals surface area (Å²) in [7, 11) is 1.68. The number of carbonyl (C=O) groups excluding carboxylic acids is 1. The predicted molar refractivity (Wildman–Crippen MR) is 138 cm³/mol. The van der Waals surface area contributed by atoms with Gasteiger partial charge in [-0.05, 0) is 54.8 Å². The first-order chi connectivity index (χ1) is 16.4. The van der Waals surface area contributed by atoms with Crippen molar-refractivity contribution in [2.75, 3.05) is 43.6 Å². The van der Waals surface area contributed by atoms with Crippen molar-refractivity contribution in [2.45, 2.75) is 13.8 Å². The molecule has 2 heterocycles. The maximum atomic E-state index is 13.6. The van der Waals surface area contributed by atoms with E-state index in [1.807, 2.05) is 44.2 Å². The molecule has 1 saturated heterocycles. The van der Waals surface area contributed by atoms with Crippen LogP contribution in [0.25, 0.3) is 16.5 Å². The van der Waals surface area contributed by atoms with Gasteiger partial charge in [0.25, 0.3) is 5.91 Å². The summed E-state index contributed by atoms with van der Waals surface area (Å²) in [6, 6.07) is 11.1. The maximum absolute atomic E-state index is 13.6. The second kappa shape index (κ2) is 9.93. The lowest BCUT2D eigenvalue weighted by Gasteiger charge is -2.30. The monoisotopic (exact) mass is 459 g/mol. The van der Waals surface area contributed by atoms with E-state index in [0.717, 1.165) is 38.9 Å². The fourth-order valence-corrected chi connectivity index (χ4v) is 4.24. The zero-order valence-corrected chi connectivity index (χ0v) is 19.6. The normalized spacial score (nSPS) is 14.7. The molecule has 0 atom stereocenters. The zero-order valence-electron chi connectivity index (χ0n) is 19.6. The van der Waals surface area contributed by atoms with Crippen LogP contribution in [0.4, 0.5) is 11.4 Å². The molecule has 0 saturated carbocycles. The van der Waals surface area contributed by atoms with Gasteiger partial charge in [-0.3, -0.25) is 14.6 Å². The first kappa shape index (κ1) is 23.3. The number of fused-ring (bicyclic) bond motifs is 1. The Kier molecular flexibility index (Phi) is 6.79. The van der Waals surface area contributed by atoms with Crippen LogP contribution >= 0.6 is 0 Å². The van der Waals surface area contributed by atoms with Crippen LogP contribution in [-0.2, 0) is 4.74 Å². The second-order valence-electron chi connectivity index (χ2n) is 8.32. The third-order valence-electron chi connectivity index (χ3n) is 6.02. The molecule has 1 amide bonds. The Hall–Kier alpha value is -3.91. The largest absolute Gasteiger partial charge is 0.404 e. The summed E-state index contributed by atoms with van der Waals surface area (Å²) in [5.41, 5.74) is 11.7. The first-order valence-corrected chi connectivity index (χ1v) is 11.2. The van der Waals surface area contributed by atoms with Crippen molar-refractivity contribution in [3.8, 4) is 0 Å². The molecular formula is C26H29N5O3. The van der Waals surface area contributed by atoms with Crippen molar-refractivity contribution >= 4 is 40.0 Å². The number of aryl methyl sites for hydroxylation is 2. The number of amides is 1. The van der Waals surface area contributed by atoms with Crippen LogP contribution in [0.1, 0.15) is 27.0 Å². The van der Waals surface area contributed by atoms with Crippen molar-refractivity contribution in [3.05, 3.63) is 75.2 Å². The molecule has 1 fully saturated rings. The average Bonchev–Trinajstić information content (AvgIpc) is 2.83.